The van der Waals surface area contributed by atoms with E-state index in [1.165, 1.54) is 0 Å². The Kier molecular flexibility index (Phi) is 4.69. The summed E-state index contributed by atoms with van der Waals surface area (Å²) < 4.78 is 3.99. The van der Waals surface area contributed by atoms with Gasteiger partial charge < -0.3 is 14.9 Å². The van der Waals surface area contributed by atoms with Crippen LogP contribution in [0.1, 0.15) is 11.6 Å². The van der Waals surface area contributed by atoms with Gasteiger partial charge in [-0.2, -0.15) is 0 Å². The summed E-state index contributed by atoms with van der Waals surface area (Å²) in [7, 11) is 0. The normalized spacial score (nSPS) is 10.8. The van der Waals surface area contributed by atoms with E-state index in [2.05, 4.69) is 27.0 Å². The summed E-state index contributed by atoms with van der Waals surface area (Å²) in [5.41, 5.74) is 5.63. The standard InChI is InChI=1S/C11H17N7S/c1-3-4-18-10(7-12)15-16-11(18)19-6-5-17-8-13-14-9(17)2/h3,8H,1,4-7,12H2,2H3. The van der Waals surface area contributed by atoms with E-state index in [1.807, 2.05) is 22.1 Å². The van der Waals surface area contributed by atoms with Gasteiger partial charge in [0.05, 0.1) is 6.54 Å². The van der Waals surface area contributed by atoms with Gasteiger partial charge in [0.25, 0.3) is 0 Å². The Balaban J connectivity index is 1.97. The van der Waals surface area contributed by atoms with Gasteiger partial charge >= 0.3 is 0 Å². The topological polar surface area (TPSA) is 87.4 Å². The lowest BCUT2D eigenvalue weighted by molar-refractivity contribution is 0.677. The molecule has 2 N–H and O–H groups in total. The van der Waals surface area contributed by atoms with Gasteiger partial charge in [-0.15, -0.1) is 27.0 Å². The lowest BCUT2D eigenvalue weighted by Crippen LogP contribution is -2.09. The highest BCUT2D eigenvalue weighted by atomic mass is 32.2. The van der Waals surface area contributed by atoms with Crippen molar-refractivity contribution in [3.8, 4) is 0 Å². The minimum Gasteiger partial charge on any atom is -0.324 e. The fraction of sp³-hybridized carbons (Fsp3) is 0.455. The molecule has 0 unspecified atom stereocenters. The van der Waals surface area contributed by atoms with Crippen molar-refractivity contribution >= 4 is 11.8 Å². The highest BCUT2D eigenvalue weighted by Crippen LogP contribution is 2.17. The Bertz CT molecular complexity index is 545. The van der Waals surface area contributed by atoms with Crippen molar-refractivity contribution in [1.29, 1.82) is 0 Å². The van der Waals surface area contributed by atoms with Crippen LogP contribution in [0.25, 0.3) is 0 Å². The van der Waals surface area contributed by atoms with Crippen LogP contribution in [0, 0.1) is 6.92 Å². The molecule has 0 spiro atoms. The van der Waals surface area contributed by atoms with Gasteiger partial charge in [-0.05, 0) is 6.92 Å². The minimum absolute atomic E-state index is 0.381. The quantitative estimate of drug-likeness (QED) is 0.590. The van der Waals surface area contributed by atoms with Crippen LogP contribution in [0.3, 0.4) is 0 Å². The van der Waals surface area contributed by atoms with Crippen LogP contribution >= 0.6 is 11.8 Å². The molecule has 19 heavy (non-hydrogen) atoms. The van der Waals surface area contributed by atoms with Crippen LogP contribution < -0.4 is 5.73 Å². The third-order valence-electron chi connectivity index (χ3n) is 2.66. The highest BCUT2D eigenvalue weighted by molar-refractivity contribution is 7.99. The van der Waals surface area contributed by atoms with Crippen LogP contribution in [0.2, 0.25) is 0 Å². The third kappa shape index (κ3) is 3.21. The molecular weight excluding hydrogens is 262 g/mol. The number of thioether (sulfide) groups is 1. The molecule has 0 aliphatic rings. The summed E-state index contributed by atoms with van der Waals surface area (Å²) in [5, 5.41) is 16.9. The van der Waals surface area contributed by atoms with Crippen molar-refractivity contribution in [1.82, 2.24) is 29.5 Å². The van der Waals surface area contributed by atoms with E-state index < -0.39 is 0 Å². The van der Waals surface area contributed by atoms with E-state index >= 15 is 0 Å². The molecule has 2 aromatic heterocycles. The highest BCUT2D eigenvalue weighted by Gasteiger charge is 2.10. The maximum Gasteiger partial charge on any atom is 0.191 e. The van der Waals surface area contributed by atoms with Gasteiger partial charge in [0.15, 0.2) is 5.16 Å². The molecule has 0 bridgehead atoms. The minimum atomic E-state index is 0.381. The second-order valence-electron chi connectivity index (χ2n) is 3.92. The fourth-order valence-corrected chi connectivity index (χ4v) is 2.56. The van der Waals surface area contributed by atoms with Gasteiger partial charge in [0.2, 0.25) is 0 Å². The van der Waals surface area contributed by atoms with E-state index in [9.17, 15) is 0 Å². The third-order valence-corrected chi connectivity index (χ3v) is 3.61. The van der Waals surface area contributed by atoms with Crippen LogP contribution in [0.5, 0.6) is 0 Å². The van der Waals surface area contributed by atoms with E-state index in [1.54, 1.807) is 18.1 Å². The Morgan fingerprint density at radius 3 is 2.89 bits per heavy atom. The van der Waals surface area contributed by atoms with Gasteiger partial charge in [0.1, 0.15) is 18.0 Å². The zero-order chi connectivity index (χ0) is 13.7. The molecule has 0 saturated heterocycles. The molecule has 2 heterocycles. The summed E-state index contributed by atoms with van der Waals surface area (Å²) in [5.74, 6) is 2.57. The number of rotatable bonds is 7. The Labute approximate surface area is 115 Å². The number of hydrogen-bond donors (Lipinski definition) is 1. The van der Waals surface area contributed by atoms with E-state index in [-0.39, 0.29) is 0 Å². The molecule has 0 aromatic carbocycles. The zero-order valence-corrected chi connectivity index (χ0v) is 11.7. The predicted molar refractivity (Wildman–Crippen MR) is 73.6 cm³/mol. The number of aromatic nitrogens is 6. The molecule has 0 amide bonds. The fourth-order valence-electron chi connectivity index (χ4n) is 1.66. The van der Waals surface area contributed by atoms with E-state index in [0.29, 0.717) is 13.1 Å². The molecule has 2 aromatic rings. The number of aryl methyl sites for hydroxylation is 2. The van der Waals surface area contributed by atoms with Crippen molar-refractivity contribution in [3.63, 3.8) is 0 Å². The molecule has 0 saturated carbocycles. The molecule has 102 valence electrons. The summed E-state index contributed by atoms with van der Waals surface area (Å²) in [6.45, 7) is 7.56. The number of nitrogens with two attached hydrogens (primary N) is 1. The summed E-state index contributed by atoms with van der Waals surface area (Å²) in [6, 6.07) is 0. The number of allylic oxidation sites excluding steroid dienone is 1. The van der Waals surface area contributed by atoms with Gasteiger partial charge in [0, 0.05) is 18.8 Å². The van der Waals surface area contributed by atoms with Crippen LogP contribution in [-0.4, -0.2) is 35.3 Å². The zero-order valence-electron chi connectivity index (χ0n) is 10.9. The SMILES string of the molecule is C=CCn1c(CN)nnc1SCCn1cnnc1C. The first kappa shape index (κ1) is 13.8. The van der Waals surface area contributed by atoms with Gasteiger partial charge in [-0.1, -0.05) is 17.8 Å². The first-order chi connectivity index (χ1) is 9.26. The van der Waals surface area contributed by atoms with Crippen LogP contribution in [0.4, 0.5) is 0 Å². The van der Waals surface area contributed by atoms with Crippen LogP contribution in [0.15, 0.2) is 24.1 Å². The Morgan fingerprint density at radius 1 is 1.42 bits per heavy atom. The molecular formula is C11H17N7S. The van der Waals surface area contributed by atoms with Gasteiger partial charge in [-0.25, -0.2) is 0 Å². The maximum atomic E-state index is 5.63. The maximum absolute atomic E-state index is 5.63. The van der Waals surface area contributed by atoms with Gasteiger partial charge in [-0.3, -0.25) is 0 Å². The van der Waals surface area contributed by atoms with Crippen molar-refractivity contribution in [2.75, 3.05) is 5.75 Å². The van der Waals surface area contributed by atoms with Crippen molar-refractivity contribution in [2.24, 2.45) is 5.73 Å². The van der Waals surface area contributed by atoms with Crippen molar-refractivity contribution < 1.29 is 0 Å². The summed E-state index contributed by atoms with van der Waals surface area (Å²) >= 11 is 1.64. The molecule has 0 aliphatic carbocycles. The second-order valence-corrected chi connectivity index (χ2v) is 4.98. The molecule has 0 fully saturated rings. The lowest BCUT2D eigenvalue weighted by atomic mass is 10.5. The summed E-state index contributed by atoms with van der Waals surface area (Å²) in [4.78, 5) is 0. The average molecular weight is 279 g/mol. The molecule has 0 atom stereocenters. The summed E-state index contributed by atoms with van der Waals surface area (Å²) in [6.07, 6.45) is 3.55. The first-order valence-corrected chi connectivity index (χ1v) is 6.95. The largest absolute Gasteiger partial charge is 0.324 e. The van der Waals surface area contributed by atoms with Crippen molar-refractivity contribution in [2.45, 2.75) is 31.7 Å². The lowest BCUT2D eigenvalue weighted by Gasteiger charge is -2.06. The smallest absolute Gasteiger partial charge is 0.191 e. The monoisotopic (exact) mass is 279 g/mol. The van der Waals surface area contributed by atoms with E-state index in [0.717, 1.165) is 29.1 Å². The first-order valence-electron chi connectivity index (χ1n) is 5.96. The molecule has 8 heteroatoms. The molecule has 0 radical (unpaired) electrons. The van der Waals surface area contributed by atoms with Crippen LogP contribution in [-0.2, 0) is 19.6 Å². The Hall–Kier alpha value is -1.67. The predicted octanol–water partition coefficient (Wildman–Crippen LogP) is 0.615. The number of nitrogens with zero attached hydrogens (tertiary/aromatic N) is 6. The van der Waals surface area contributed by atoms with E-state index in [4.69, 9.17) is 5.73 Å². The molecule has 2 rings (SSSR count). The number of hydrogen-bond acceptors (Lipinski definition) is 6. The second kappa shape index (κ2) is 6.48. The average Bonchev–Trinajstić information content (AvgIpc) is 2.98. The molecule has 0 aliphatic heterocycles. The molecule has 7 nitrogen and oxygen atoms in total. The van der Waals surface area contributed by atoms with Crippen molar-refractivity contribution in [3.05, 3.63) is 30.6 Å². The Morgan fingerprint density at radius 2 is 2.26 bits per heavy atom.